The quantitative estimate of drug-likeness (QED) is 0.569. The van der Waals surface area contributed by atoms with Crippen LogP contribution in [0.5, 0.6) is 0 Å². The van der Waals surface area contributed by atoms with Crippen LogP contribution in [-0.4, -0.2) is 16.2 Å². The highest BCUT2D eigenvalue weighted by molar-refractivity contribution is 7.19. The number of fused-ring (bicyclic) bond motifs is 3. The SMILES string of the molecule is Cc1nc(N/N=C/c2ccc(C#N)cc2)c2c3c(sc2n1)CCCC3. The molecule has 0 unspecified atom stereocenters. The van der Waals surface area contributed by atoms with Gasteiger partial charge in [0, 0.05) is 4.88 Å². The summed E-state index contributed by atoms with van der Waals surface area (Å²) in [5, 5.41) is 14.3. The van der Waals surface area contributed by atoms with Gasteiger partial charge in [0.25, 0.3) is 0 Å². The van der Waals surface area contributed by atoms with Crippen LogP contribution >= 0.6 is 11.3 Å². The fourth-order valence-corrected chi connectivity index (χ4v) is 4.46. The summed E-state index contributed by atoms with van der Waals surface area (Å²) < 4.78 is 0. The molecule has 25 heavy (non-hydrogen) atoms. The summed E-state index contributed by atoms with van der Waals surface area (Å²) in [7, 11) is 0. The van der Waals surface area contributed by atoms with Gasteiger partial charge in [-0.25, -0.2) is 9.97 Å². The largest absolute Gasteiger partial charge is 0.261 e. The molecular weight excluding hydrogens is 330 g/mol. The van der Waals surface area contributed by atoms with Gasteiger partial charge in [0.2, 0.25) is 0 Å². The molecule has 0 radical (unpaired) electrons. The Morgan fingerprint density at radius 1 is 1.20 bits per heavy atom. The molecule has 0 saturated carbocycles. The van der Waals surface area contributed by atoms with Gasteiger partial charge in [-0.15, -0.1) is 11.3 Å². The minimum atomic E-state index is 0.642. The van der Waals surface area contributed by atoms with Crippen molar-refractivity contribution in [1.82, 2.24) is 9.97 Å². The number of benzene rings is 1. The van der Waals surface area contributed by atoms with Crippen LogP contribution in [-0.2, 0) is 12.8 Å². The van der Waals surface area contributed by atoms with Gasteiger partial charge >= 0.3 is 0 Å². The van der Waals surface area contributed by atoms with E-state index in [0.29, 0.717) is 5.56 Å². The van der Waals surface area contributed by atoms with Gasteiger partial charge in [-0.1, -0.05) is 12.1 Å². The van der Waals surface area contributed by atoms with Crippen molar-refractivity contribution in [2.24, 2.45) is 5.10 Å². The third-order valence-electron chi connectivity index (χ3n) is 4.35. The summed E-state index contributed by atoms with van der Waals surface area (Å²) >= 11 is 1.79. The highest BCUT2D eigenvalue weighted by Gasteiger charge is 2.20. The van der Waals surface area contributed by atoms with Crippen LogP contribution in [0.3, 0.4) is 0 Å². The number of rotatable bonds is 3. The Morgan fingerprint density at radius 2 is 2.00 bits per heavy atom. The highest BCUT2D eigenvalue weighted by atomic mass is 32.1. The second-order valence-electron chi connectivity index (χ2n) is 6.11. The molecular formula is C19H17N5S. The van der Waals surface area contributed by atoms with E-state index in [-0.39, 0.29) is 0 Å². The van der Waals surface area contributed by atoms with Crippen LogP contribution in [0.25, 0.3) is 10.2 Å². The maximum Gasteiger partial charge on any atom is 0.158 e. The first kappa shape index (κ1) is 15.7. The lowest BCUT2D eigenvalue weighted by atomic mass is 9.97. The molecule has 1 aromatic carbocycles. The zero-order valence-electron chi connectivity index (χ0n) is 13.9. The van der Waals surface area contributed by atoms with Crippen LogP contribution in [0.1, 0.15) is 40.2 Å². The number of thiophene rings is 1. The van der Waals surface area contributed by atoms with Crippen LogP contribution in [0.4, 0.5) is 5.82 Å². The molecule has 2 heterocycles. The lowest BCUT2D eigenvalue weighted by Gasteiger charge is -2.11. The Kier molecular flexibility index (Phi) is 4.16. The van der Waals surface area contributed by atoms with Gasteiger partial charge in [-0.3, -0.25) is 5.43 Å². The van der Waals surface area contributed by atoms with Gasteiger partial charge < -0.3 is 0 Å². The maximum atomic E-state index is 8.85. The molecule has 1 N–H and O–H groups in total. The molecule has 5 nitrogen and oxygen atoms in total. The van der Waals surface area contributed by atoms with E-state index < -0.39 is 0 Å². The van der Waals surface area contributed by atoms with E-state index in [0.717, 1.165) is 40.3 Å². The minimum absolute atomic E-state index is 0.642. The molecule has 0 spiro atoms. The predicted molar refractivity (Wildman–Crippen MR) is 101 cm³/mol. The number of anilines is 1. The van der Waals surface area contributed by atoms with Crippen molar-refractivity contribution in [2.75, 3.05) is 5.43 Å². The lowest BCUT2D eigenvalue weighted by Crippen LogP contribution is -2.02. The smallest absolute Gasteiger partial charge is 0.158 e. The summed E-state index contributed by atoms with van der Waals surface area (Å²) in [6.07, 6.45) is 6.45. The average molecular weight is 347 g/mol. The molecule has 0 atom stereocenters. The number of aromatic nitrogens is 2. The molecule has 0 saturated heterocycles. The number of nitriles is 1. The van der Waals surface area contributed by atoms with Gasteiger partial charge in [-0.05, 0) is 55.9 Å². The van der Waals surface area contributed by atoms with Crippen molar-refractivity contribution < 1.29 is 0 Å². The number of hydrogen-bond acceptors (Lipinski definition) is 6. The van der Waals surface area contributed by atoms with Gasteiger partial charge in [0.05, 0.1) is 23.2 Å². The normalized spacial score (nSPS) is 13.8. The number of hydrazone groups is 1. The molecule has 0 aliphatic heterocycles. The molecule has 1 aliphatic carbocycles. The number of nitrogens with zero attached hydrogens (tertiary/aromatic N) is 4. The molecule has 124 valence electrons. The van der Waals surface area contributed by atoms with Crippen LogP contribution in [0, 0.1) is 18.3 Å². The van der Waals surface area contributed by atoms with E-state index in [4.69, 9.17) is 5.26 Å². The summed E-state index contributed by atoms with van der Waals surface area (Å²) in [6.45, 7) is 1.91. The summed E-state index contributed by atoms with van der Waals surface area (Å²) in [5.41, 5.74) is 6.07. The van der Waals surface area contributed by atoms with Crippen molar-refractivity contribution in [1.29, 1.82) is 5.26 Å². The molecule has 4 rings (SSSR count). The predicted octanol–water partition coefficient (Wildman–Crippen LogP) is 4.20. The fraction of sp³-hybridized carbons (Fsp3) is 0.263. The molecule has 0 amide bonds. The van der Waals surface area contributed by atoms with Gasteiger partial charge in [0.1, 0.15) is 10.7 Å². The standard InChI is InChI=1S/C19H17N5S/c1-12-22-18(24-21-11-14-8-6-13(10-20)7-9-14)17-15-4-2-3-5-16(15)25-19(17)23-12/h6-9,11H,2-5H2,1H3,(H,22,23,24)/b21-11+. The first-order chi connectivity index (χ1) is 12.2. The van der Waals surface area contributed by atoms with Crippen molar-refractivity contribution >= 4 is 33.6 Å². The number of hydrogen-bond donors (Lipinski definition) is 1. The van der Waals surface area contributed by atoms with Gasteiger partial charge in [0.15, 0.2) is 5.82 Å². The molecule has 2 aromatic heterocycles. The van der Waals surface area contributed by atoms with E-state index in [9.17, 15) is 0 Å². The summed E-state index contributed by atoms with van der Waals surface area (Å²) in [5.74, 6) is 1.54. The first-order valence-corrected chi connectivity index (χ1v) is 9.14. The summed E-state index contributed by atoms with van der Waals surface area (Å²) in [6, 6.07) is 9.42. The van der Waals surface area contributed by atoms with E-state index in [1.165, 1.54) is 23.3 Å². The van der Waals surface area contributed by atoms with E-state index in [1.54, 1.807) is 29.7 Å². The monoisotopic (exact) mass is 347 g/mol. The van der Waals surface area contributed by atoms with Crippen molar-refractivity contribution in [2.45, 2.75) is 32.6 Å². The van der Waals surface area contributed by atoms with E-state index in [2.05, 4.69) is 26.6 Å². The first-order valence-electron chi connectivity index (χ1n) is 8.33. The van der Waals surface area contributed by atoms with Crippen LogP contribution in [0.15, 0.2) is 29.4 Å². The Hall–Kier alpha value is -2.78. The second kappa shape index (κ2) is 6.61. The molecule has 3 aromatic rings. The maximum absolute atomic E-state index is 8.85. The van der Waals surface area contributed by atoms with Crippen molar-refractivity contribution in [3.05, 3.63) is 51.7 Å². The Bertz CT molecular complexity index is 995. The minimum Gasteiger partial charge on any atom is -0.261 e. The molecule has 1 aliphatic rings. The van der Waals surface area contributed by atoms with E-state index >= 15 is 0 Å². The fourth-order valence-electron chi connectivity index (χ4n) is 3.16. The molecule has 6 heteroatoms. The second-order valence-corrected chi connectivity index (χ2v) is 7.20. The zero-order chi connectivity index (χ0) is 17.2. The van der Waals surface area contributed by atoms with Crippen LogP contribution < -0.4 is 5.43 Å². The van der Waals surface area contributed by atoms with Crippen molar-refractivity contribution in [3.8, 4) is 6.07 Å². The topological polar surface area (TPSA) is 74.0 Å². The Balaban J connectivity index is 1.65. The lowest BCUT2D eigenvalue weighted by molar-refractivity contribution is 0.700. The molecule has 0 bridgehead atoms. The van der Waals surface area contributed by atoms with Gasteiger partial charge in [-0.2, -0.15) is 10.4 Å². The zero-order valence-corrected chi connectivity index (χ0v) is 14.7. The van der Waals surface area contributed by atoms with Crippen LogP contribution in [0.2, 0.25) is 0 Å². The van der Waals surface area contributed by atoms with E-state index in [1.807, 2.05) is 19.1 Å². The third-order valence-corrected chi connectivity index (χ3v) is 5.54. The molecule has 0 fully saturated rings. The Morgan fingerprint density at radius 3 is 2.80 bits per heavy atom. The highest BCUT2D eigenvalue weighted by Crippen LogP contribution is 2.38. The Labute approximate surface area is 150 Å². The number of nitrogens with one attached hydrogen (secondary N) is 1. The number of aryl methyl sites for hydroxylation is 3. The third kappa shape index (κ3) is 3.11. The van der Waals surface area contributed by atoms with Crippen molar-refractivity contribution in [3.63, 3.8) is 0 Å². The average Bonchev–Trinajstić information content (AvgIpc) is 3.00. The summed E-state index contributed by atoms with van der Waals surface area (Å²) in [4.78, 5) is 11.7.